The van der Waals surface area contributed by atoms with Crippen LogP contribution in [0.3, 0.4) is 0 Å². The van der Waals surface area contributed by atoms with Crippen molar-refractivity contribution in [3.8, 4) is 0 Å². The highest BCUT2D eigenvalue weighted by molar-refractivity contribution is 5.78. The molecule has 1 atom stereocenters. The smallest absolute Gasteiger partial charge is 0.323 e. The average molecular weight is 270 g/mol. The third kappa shape index (κ3) is 5.11. The van der Waals surface area contributed by atoms with Crippen molar-refractivity contribution in [1.29, 1.82) is 0 Å². The number of nitrogens with zero attached hydrogens (tertiary/aromatic N) is 1. The monoisotopic (exact) mass is 270 g/mol. The maximum Gasteiger partial charge on any atom is 0.323 e. The molecular weight excluding hydrogens is 240 g/mol. The number of aliphatic carboxylic acids is 1. The molecule has 0 aromatic rings. The molecule has 0 heterocycles. The van der Waals surface area contributed by atoms with Gasteiger partial charge in [0.15, 0.2) is 0 Å². The lowest BCUT2D eigenvalue weighted by molar-refractivity contribution is -0.144. The number of carboxylic acid groups (broad SMARTS) is 1. The second kappa shape index (κ2) is 7.85. The van der Waals surface area contributed by atoms with E-state index in [0.29, 0.717) is 6.42 Å². The molecule has 1 rings (SSSR count). The summed E-state index contributed by atoms with van der Waals surface area (Å²) in [6.07, 6.45) is 7.90. The van der Waals surface area contributed by atoms with E-state index >= 15 is 0 Å². The lowest BCUT2D eigenvalue weighted by Crippen LogP contribution is -2.50. The van der Waals surface area contributed by atoms with Crippen molar-refractivity contribution in [2.24, 2.45) is 0 Å². The largest absolute Gasteiger partial charge is 0.480 e. The van der Waals surface area contributed by atoms with Gasteiger partial charge in [-0.25, -0.2) is 0 Å². The van der Waals surface area contributed by atoms with E-state index in [0.717, 1.165) is 32.0 Å². The fourth-order valence-corrected chi connectivity index (χ4v) is 2.88. The molecule has 112 valence electrons. The third-order valence-electron chi connectivity index (χ3n) is 4.37. The van der Waals surface area contributed by atoms with E-state index in [4.69, 9.17) is 0 Å². The lowest BCUT2D eigenvalue weighted by Gasteiger charge is -2.29. The molecule has 19 heavy (non-hydrogen) atoms. The van der Waals surface area contributed by atoms with Crippen molar-refractivity contribution >= 4 is 5.97 Å². The molecule has 0 spiro atoms. The summed E-state index contributed by atoms with van der Waals surface area (Å²) in [5, 5.41) is 12.5. The van der Waals surface area contributed by atoms with E-state index in [1.54, 1.807) is 6.92 Å². The Bertz CT molecular complexity index is 277. The molecule has 0 radical (unpaired) electrons. The van der Waals surface area contributed by atoms with Gasteiger partial charge in [0.1, 0.15) is 5.54 Å². The SMILES string of the molecule is CCCNC(C)(CCCN(C)C1CCCC1)C(=O)O. The van der Waals surface area contributed by atoms with Crippen LogP contribution >= 0.6 is 0 Å². The maximum absolute atomic E-state index is 11.4. The Morgan fingerprint density at radius 3 is 2.58 bits per heavy atom. The number of hydrogen-bond acceptors (Lipinski definition) is 3. The zero-order chi connectivity index (χ0) is 14.3. The summed E-state index contributed by atoms with van der Waals surface area (Å²) in [5.41, 5.74) is -0.771. The summed E-state index contributed by atoms with van der Waals surface area (Å²) in [6.45, 7) is 5.63. The van der Waals surface area contributed by atoms with E-state index in [9.17, 15) is 9.90 Å². The molecule has 1 aliphatic rings. The molecule has 2 N–H and O–H groups in total. The summed E-state index contributed by atoms with van der Waals surface area (Å²) < 4.78 is 0. The first-order valence-corrected chi connectivity index (χ1v) is 7.68. The Morgan fingerprint density at radius 2 is 2.05 bits per heavy atom. The first kappa shape index (κ1) is 16.4. The first-order valence-electron chi connectivity index (χ1n) is 7.68. The second-order valence-corrected chi connectivity index (χ2v) is 6.09. The number of carbonyl (C=O) groups is 1. The Balaban J connectivity index is 2.32. The zero-order valence-corrected chi connectivity index (χ0v) is 12.7. The molecule has 0 amide bonds. The van der Waals surface area contributed by atoms with Gasteiger partial charge >= 0.3 is 5.97 Å². The van der Waals surface area contributed by atoms with E-state index < -0.39 is 11.5 Å². The summed E-state index contributed by atoms with van der Waals surface area (Å²) in [6, 6.07) is 0.722. The quantitative estimate of drug-likeness (QED) is 0.676. The normalized spacial score (nSPS) is 19.8. The van der Waals surface area contributed by atoms with Gasteiger partial charge in [0.2, 0.25) is 0 Å². The Kier molecular flexibility index (Phi) is 6.80. The average Bonchev–Trinajstić information content (AvgIpc) is 2.90. The molecule has 0 saturated heterocycles. The Hall–Kier alpha value is -0.610. The van der Waals surface area contributed by atoms with Crippen molar-refractivity contribution < 1.29 is 9.90 Å². The van der Waals surface area contributed by atoms with Crippen molar-refractivity contribution in [3.05, 3.63) is 0 Å². The third-order valence-corrected chi connectivity index (χ3v) is 4.37. The Labute approximate surface area is 117 Å². The zero-order valence-electron chi connectivity index (χ0n) is 12.7. The maximum atomic E-state index is 11.4. The molecule has 0 aromatic heterocycles. The molecule has 4 heteroatoms. The van der Waals surface area contributed by atoms with Crippen molar-refractivity contribution in [3.63, 3.8) is 0 Å². The fraction of sp³-hybridized carbons (Fsp3) is 0.933. The van der Waals surface area contributed by atoms with Crippen LogP contribution < -0.4 is 5.32 Å². The predicted molar refractivity (Wildman–Crippen MR) is 78.5 cm³/mol. The summed E-state index contributed by atoms with van der Waals surface area (Å²) >= 11 is 0. The van der Waals surface area contributed by atoms with Crippen LogP contribution in [0.2, 0.25) is 0 Å². The van der Waals surface area contributed by atoms with Crippen LogP contribution in [0.15, 0.2) is 0 Å². The van der Waals surface area contributed by atoms with Gasteiger partial charge in [-0.05, 0) is 59.2 Å². The van der Waals surface area contributed by atoms with Gasteiger partial charge in [-0.15, -0.1) is 0 Å². The molecule has 1 aliphatic carbocycles. The topological polar surface area (TPSA) is 52.6 Å². The van der Waals surface area contributed by atoms with E-state index in [-0.39, 0.29) is 0 Å². The number of carboxylic acids is 1. The second-order valence-electron chi connectivity index (χ2n) is 6.09. The number of hydrogen-bond donors (Lipinski definition) is 2. The minimum atomic E-state index is -0.771. The predicted octanol–water partition coefficient (Wildman–Crippen LogP) is 2.48. The summed E-state index contributed by atoms with van der Waals surface area (Å²) in [4.78, 5) is 13.8. The van der Waals surface area contributed by atoms with E-state index in [2.05, 4.69) is 24.2 Å². The molecule has 0 aliphatic heterocycles. The standard InChI is InChI=1S/C15H30N2O2/c1-4-11-16-15(2,14(18)19)10-7-12-17(3)13-8-5-6-9-13/h13,16H,4-12H2,1-3H3,(H,18,19). The highest BCUT2D eigenvalue weighted by Crippen LogP contribution is 2.23. The molecular formula is C15H30N2O2. The van der Waals surface area contributed by atoms with Crippen LogP contribution in [0.5, 0.6) is 0 Å². The minimum absolute atomic E-state index is 0.694. The molecule has 4 nitrogen and oxygen atoms in total. The first-order chi connectivity index (χ1) is 8.99. The van der Waals surface area contributed by atoms with Crippen LogP contribution in [0.1, 0.15) is 58.8 Å². The van der Waals surface area contributed by atoms with Crippen LogP contribution in [0, 0.1) is 0 Å². The van der Waals surface area contributed by atoms with Gasteiger partial charge < -0.3 is 15.3 Å². The van der Waals surface area contributed by atoms with Crippen LogP contribution in [-0.2, 0) is 4.79 Å². The molecule has 1 fully saturated rings. The highest BCUT2D eigenvalue weighted by Gasteiger charge is 2.31. The number of nitrogens with one attached hydrogen (secondary N) is 1. The molecule has 1 unspecified atom stereocenters. The molecule has 0 aromatic carbocycles. The Morgan fingerprint density at radius 1 is 1.42 bits per heavy atom. The highest BCUT2D eigenvalue weighted by atomic mass is 16.4. The van der Waals surface area contributed by atoms with E-state index in [1.807, 2.05) is 0 Å². The van der Waals surface area contributed by atoms with Crippen LogP contribution in [0.25, 0.3) is 0 Å². The van der Waals surface area contributed by atoms with Gasteiger partial charge in [0, 0.05) is 6.04 Å². The lowest BCUT2D eigenvalue weighted by atomic mass is 9.95. The summed E-state index contributed by atoms with van der Waals surface area (Å²) in [7, 11) is 2.17. The van der Waals surface area contributed by atoms with Gasteiger partial charge in [-0.1, -0.05) is 19.8 Å². The van der Waals surface area contributed by atoms with Gasteiger partial charge in [-0.3, -0.25) is 4.79 Å². The van der Waals surface area contributed by atoms with Gasteiger partial charge in [0.05, 0.1) is 0 Å². The van der Waals surface area contributed by atoms with Crippen LogP contribution in [-0.4, -0.2) is 47.7 Å². The van der Waals surface area contributed by atoms with Crippen molar-refractivity contribution in [1.82, 2.24) is 10.2 Å². The minimum Gasteiger partial charge on any atom is -0.480 e. The van der Waals surface area contributed by atoms with E-state index in [1.165, 1.54) is 25.7 Å². The van der Waals surface area contributed by atoms with Crippen molar-refractivity contribution in [2.75, 3.05) is 20.1 Å². The molecule has 0 bridgehead atoms. The van der Waals surface area contributed by atoms with Crippen LogP contribution in [0.4, 0.5) is 0 Å². The van der Waals surface area contributed by atoms with Gasteiger partial charge in [-0.2, -0.15) is 0 Å². The summed E-state index contributed by atoms with van der Waals surface area (Å²) in [5.74, 6) is -0.732. The fourth-order valence-electron chi connectivity index (χ4n) is 2.88. The van der Waals surface area contributed by atoms with Crippen molar-refractivity contribution in [2.45, 2.75) is 70.4 Å². The number of rotatable bonds is 9. The molecule has 1 saturated carbocycles. The van der Waals surface area contributed by atoms with Gasteiger partial charge in [0.25, 0.3) is 0 Å².